The first kappa shape index (κ1) is 12.7. The number of halogens is 2. The van der Waals surface area contributed by atoms with Crippen molar-refractivity contribution in [3.05, 3.63) is 28.0 Å². The predicted octanol–water partition coefficient (Wildman–Crippen LogP) is 2.17. The van der Waals surface area contributed by atoms with E-state index in [-0.39, 0.29) is 6.04 Å². The molecule has 0 fully saturated rings. The fourth-order valence-electron chi connectivity index (χ4n) is 1.27. The van der Waals surface area contributed by atoms with Crippen LogP contribution in [0, 0.1) is 0 Å². The highest BCUT2D eigenvalue weighted by molar-refractivity contribution is 6.34. The molecule has 0 amide bonds. The number of methoxy groups -OCH3 is 1. The summed E-state index contributed by atoms with van der Waals surface area (Å²) in [4.78, 5) is 4.19. The van der Waals surface area contributed by atoms with Gasteiger partial charge in [-0.1, -0.05) is 23.2 Å². The van der Waals surface area contributed by atoms with Gasteiger partial charge in [0.1, 0.15) is 0 Å². The van der Waals surface area contributed by atoms with E-state index in [1.807, 2.05) is 7.05 Å². The second-order valence-corrected chi connectivity index (χ2v) is 4.07. The largest absolute Gasteiger partial charge is 0.383 e. The number of pyridine rings is 1. The maximum Gasteiger partial charge on any atom is 0.0636 e. The van der Waals surface area contributed by atoms with Gasteiger partial charge in [-0.05, 0) is 13.1 Å². The van der Waals surface area contributed by atoms with Gasteiger partial charge in [0, 0.05) is 25.8 Å². The van der Waals surface area contributed by atoms with Gasteiger partial charge in [-0.2, -0.15) is 0 Å². The van der Waals surface area contributed by atoms with Crippen LogP contribution in [0.15, 0.2) is 12.3 Å². The number of aromatic nitrogens is 1. The predicted molar refractivity (Wildman–Crippen MR) is 62.7 cm³/mol. The summed E-state index contributed by atoms with van der Waals surface area (Å²) in [7, 11) is 3.55. The third-order valence-corrected chi connectivity index (χ3v) is 2.63. The van der Waals surface area contributed by atoms with E-state index >= 15 is 0 Å². The van der Waals surface area contributed by atoms with Gasteiger partial charge >= 0.3 is 0 Å². The lowest BCUT2D eigenvalue weighted by Crippen LogP contribution is -2.32. The summed E-state index contributed by atoms with van der Waals surface area (Å²) in [5.41, 5.74) is 0.831. The first-order chi connectivity index (χ1) is 7.17. The Morgan fingerprint density at radius 1 is 1.53 bits per heavy atom. The highest BCUT2D eigenvalue weighted by Gasteiger charge is 2.10. The van der Waals surface area contributed by atoms with Gasteiger partial charge in [-0.25, -0.2) is 0 Å². The molecule has 5 heteroatoms. The molecule has 0 saturated carbocycles. The van der Waals surface area contributed by atoms with Crippen molar-refractivity contribution < 1.29 is 4.74 Å². The minimum Gasteiger partial charge on any atom is -0.383 e. The third-order valence-electron chi connectivity index (χ3n) is 2.10. The van der Waals surface area contributed by atoms with Crippen LogP contribution < -0.4 is 5.32 Å². The third kappa shape index (κ3) is 3.95. The number of nitrogens with zero attached hydrogens (tertiary/aromatic N) is 1. The van der Waals surface area contributed by atoms with Crippen LogP contribution >= 0.6 is 23.2 Å². The number of nitrogens with one attached hydrogen (secondary N) is 1. The molecule has 1 unspecified atom stereocenters. The molecule has 0 aliphatic rings. The molecule has 3 nitrogen and oxygen atoms in total. The molecule has 0 bridgehead atoms. The van der Waals surface area contributed by atoms with Crippen LogP contribution in [0.4, 0.5) is 0 Å². The maximum absolute atomic E-state index is 6.02. The summed E-state index contributed by atoms with van der Waals surface area (Å²) in [6, 6.07) is 1.91. The molecule has 1 atom stereocenters. The quantitative estimate of drug-likeness (QED) is 0.868. The molecule has 1 aromatic heterocycles. The van der Waals surface area contributed by atoms with Crippen LogP contribution in [0.5, 0.6) is 0 Å². The Kier molecular flexibility index (Phi) is 5.32. The molecule has 0 aliphatic heterocycles. The zero-order valence-electron chi connectivity index (χ0n) is 8.76. The Bertz CT molecular complexity index is 320. The zero-order valence-corrected chi connectivity index (χ0v) is 10.3. The second-order valence-electron chi connectivity index (χ2n) is 3.23. The highest BCUT2D eigenvalue weighted by atomic mass is 35.5. The topological polar surface area (TPSA) is 34.1 Å². The van der Waals surface area contributed by atoms with Gasteiger partial charge in [0.2, 0.25) is 0 Å². The van der Waals surface area contributed by atoms with Crippen LogP contribution in [-0.2, 0) is 11.2 Å². The molecule has 1 N–H and O–H groups in total. The summed E-state index contributed by atoms with van der Waals surface area (Å²) < 4.78 is 5.07. The Labute approximate surface area is 99.7 Å². The van der Waals surface area contributed by atoms with Crippen LogP contribution in [-0.4, -0.2) is 31.8 Å². The second kappa shape index (κ2) is 6.28. The molecule has 1 aromatic rings. The molecule has 0 aromatic carbocycles. The number of rotatable bonds is 5. The van der Waals surface area contributed by atoms with Crippen LogP contribution in [0.2, 0.25) is 10.0 Å². The Morgan fingerprint density at radius 3 is 2.80 bits per heavy atom. The normalized spacial score (nSPS) is 12.8. The molecule has 1 heterocycles. The van der Waals surface area contributed by atoms with E-state index in [1.165, 1.54) is 0 Å². The minimum atomic E-state index is 0.209. The van der Waals surface area contributed by atoms with Crippen molar-refractivity contribution in [2.75, 3.05) is 20.8 Å². The standard InChI is InChI=1S/C10H14Cl2N2O/c1-13-8(6-15-2)4-10-9(12)3-7(11)5-14-10/h3,5,8,13H,4,6H2,1-2H3. The minimum absolute atomic E-state index is 0.209. The number of hydrogen-bond donors (Lipinski definition) is 1. The number of ether oxygens (including phenoxy) is 1. The van der Waals surface area contributed by atoms with E-state index in [4.69, 9.17) is 27.9 Å². The average Bonchev–Trinajstić information content (AvgIpc) is 2.21. The van der Waals surface area contributed by atoms with Gasteiger partial charge < -0.3 is 10.1 Å². The van der Waals surface area contributed by atoms with Gasteiger partial charge in [0.25, 0.3) is 0 Å². The van der Waals surface area contributed by atoms with Crippen molar-refractivity contribution in [2.45, 2.75) is 12.5 Å². The van der Waals surface area contributed by atoms with Crippen molar-refractivity contribution in [3.8, 4) is 0 Å². The lowest BCUT2D eigenvalue weighted by Gasteiger charge is -2.15. The van der Waals surface area contributed by atoms with Gasteiger partial charge in [0.05, 0.1) is 22.3 Å². The summed E-state index contributed by atoms with van der Waals surface area (Å²) in [6.45, 7) is 0.622. The van der Waals surface area contributed by atoms with E-state index in [9.17, 15) is 0 Å². The van der Waals surface area contributed by atoms with E-state index in [0.717, 1.165) is 12.1 Å². The van der Waals surface area contributed by atoms with Gasteiger partial charge in [-0.15, -0.1) is 0 Å². The summed E-state index contributed by atoms with van der Waals surface area (Å²) >= 11 is 11.8. The summed E-state index contributed by atoms with van der Waals surface area (Å²) in [6.07, 6.45) is 2.32. The van der Waals surface area contributed by atoms with Crippen molar-refractivity contribution in [3.63, 3.8) is 0 Å². The summed E-state index contributed by atoms with van der Waals surface area (Å²) in [5.74, 6) is 0. The molecule has 0 aliphatic carbocycles. The van der Waals surface area contributed by atoms with Crippen molar-refractivity contribution in [2.24, 2.45) is 0 Å². The van der Waals surface area contributed by atoms with Crippen LogP contribution in [0.1, 0.15) is 5.69 Å². The Morgan fingerprint density at radius 2 is 2.27 bits per heavy atom. The van der Waals surface area contributed by atoms with E-state index in [0.29, 0.717) is 16.7 Å². The average molecular weight is 249 g/mol. The van der Waals surface area contributed by atoms with E-state index in [2.05, 4.69) is 10.3 Å². The molecular weight excluding hydrogens is 235 g/mol. The smallest absolute Gasteiger partial charge is 0.0636 e. The Hall–Kier alpha value is -0.350. The first-order valence-electron chi connectivity index (χ1n) is 4.63. The fourth-order valence-corrected chi connectivity index (χ4v) is 1.73. The molecule has 1 rings (SSSR count). The number of hydrogen-bond acceptors (Lipinski definition) is 3. The molecule has 15 heavy (non-hydrogen) atoms. The lowest BCUT2D eigenvalue weighted by atomic mass is 10.1. The maximum atomic E-state index is 6.02. The molecule has 0 radical (unpaired) electrons. The fraction of sp³-hybridized carbons (Fsp3) is 0.500. The number of likely N-dealkylation sites (N-methyl/N-ethyl adjacent to an activating group) is 1. The molecule has 0 saturated heterocycles. The van der Waals surface area contributed by atoms with Gasteiger partial charge in [-0.3, -0.25) is 4.98 Å². The molecule has 84 valence electrons. The van der Waals surface area contributed by atoms with Crippen molar-refractivity contribution in [1.82, 2.24) is 10.3 Å². The first-order valence-corrected chi connectivity index (χ1v) is 5.39. The van der Waals surface area contributed by atoms with Crippen molar-refractivity contribution >= 4 is 23.2 Å². The zero-order chi connectivity index (χ0) is 11.3. The SMILES string of the molecule is CNC(COC)Cc1ncc(Cl)cc1Cl. The summed E-state index contributed by atoms with van der Waals surface area (Å²) in [5, 5.41) is 4.29. The van der Waals surface area contributed by atoms with E-state index < -0.39 is 0 Å². The van der Waals surface area contributed by atoms with Crippen LogP contribution in [0.3, 0.4) is 0 Å². The lowest BCUT2D eigenvalue weighted by molar-refractivity contribution is 0.169. The highest BCUT2D eigenvalue weighted by Crippen LogP contribution is 2.19. The van der Waals surface area contributed by atoms with Crippen molar-refractivity contribution in [1.29, 1.82) is 0 Å². The van der Waals surface area contributed by atoms with Crippen LogP contribution in [0.25, 0.3) is 0 Å². The van der Waals surface area contributed by atoms with E-state index in [1.54, 1.807) is 19.4 Å². The molecule has 0 spiro atoms. The molecular formula is C10H14Cl2N2O. The Balaban J connectivity index is 2.70. The van der Waals surface area contributed by atoms with Gasteiger partial charge in [0.15, 0.2) is 0 Å². The monoisotopic (exact) mass is 248 g/mol.